The second-order valence-corrected chi connectivity index (χ2v) is 6.79. The highest BCUT2D eigenvalue weighted by Gasteiger charge is 2.13. The molecule has 0 aliphatic heterocycles. The van der Waals surface area contributed by atoms with E-state index in [9.17, 15) is 4.79 Å². The molecule has 1 N–H and O–H groups in total. The first kappa shape index (κ1) is 15.2. The van der Waals surface area contributed by atoms with Gasteiger partial charge < -0.3 is 5.32 Å². The first-order chi connectivity index (χ1) is 6.99. The van der Waals surface area contributed by atoms with Crippen LogP contribution in [0.3, 0.4) is 0 Å². The Bertz CT molecular complexity index is 263. The maximum Gasteiger partial charge on any atom is 0.244 e. The average Bonchev–Trinajstić information content (AvgIpc) is 1.95. The Kier molecular flexibility index (Phi) is 5.24. The van der Waals surface area contributed by atoms with Gasteiger partial charge in [-0.05, 0) is 46.0 Å². The Balaban J connectivity index is 4.18. The molecule has 0 aromatic heterocycles. The van der Waals surface area contributed by atoms with Crippen molar-refractivity contribution in [1.29, 1.82) is 0 Å². The van der Waals surface area contributed by atoms with E-state index in [-0.39, 0.29) is 11.4 Å². The van der Waals surface area contributed by atoms with Crippen molar-refractivity contribution in [2.24, 2.45) is 5.41 Å². The number of amides is 1. The summed E-state index contributed by atoms with van der Waals surface area (Å²) in [5.41, 5.74) is 1.32. The summed E-state index contributed by atoms with van der Waals surface area (Å²) in [5, 5.41) is 2.93. The maximum absolute atomic E-state index is 11.6. The third-order valence-corrected chi connectivity index (χ3v) is 2.15. The summed E-state index contributed by atoms with van der Waals surface area (Å²) in [5.74, 6) is 0.0129. The van der Waals surface area contributed by atoms with Crippen molar-refractivity contribution in [2.75, 3.05) is 0 Å². The van der Waals surface area contributed by atoms with Crippen LogP contribution >= 0.6 is 0 Å². The molecule has 0 aliphatic carbocycles. The van der Waals surface area contributed by atoms with E-state index >= 15 is 0 Å². The van der Waals surface area contributed by atoms with Gasteiger partial charge in [0.15, 0.2) is 0 Å². The molecule has 2 heteroatoms. The van der Waals surface area contributed by atoms with Crippen LogP contribution in [0.4, 0.5) is 0 Å². The van der Waals surface area contributed by atoms with Crippen LogP contribution in [0, 0.1) is 5.41 Å². The quantitative estimate of drug-likeness (QED) is 0.729. The summed E-state index contributed by atoms with van der Waals surface area (Å²) in [4.78, 5) is 11.6. The summed E-state index contributed by atoms with van der Waals surface area (Å²) in [6.07, 6.45) is 3.82. The maximum atomic E-state index is 11.6. The zero-order chi connectivity index (χ0) is 13.0. The molecule has 94 valence electrons. The van der Waals surface area contributed by atoms with Crippen molar-refractivity contribution in [2.45, 2.75) is 66.8 Å². The number of hydrogen-bond donors (Lipinski definition) is 1. The largest absolute Gasteiger partial charge is 0.348 e. The van der Waals surface area contributed by atoms with E-state index in [1.807, 2.05) is 27.7 Å². The van der Waals surface area contributed by atoms with Crippen LogP contribution in [0.5, 0.6) is 0 Å². The van der Waals surface area contributed by atoms with E-state index < -0.39 is 0 Å². The Labute approximate surface area is 101 Å². The van der Waals surface area contributed by atoms with Crippen molar-refractivity contribution in [3.63, 3.8) is 0 Å². The zero-order valence-corrected chi connectivity index (χ0v) is 11.9. The van der Waals surface area contributed by atoms with E-state index in [0.29, 0.717) is 5.41 Å². The van der Waals surface area contributed by atoms with Gasteiger partial charge >= 0.3 is 0 Å². The van der Waals surface area contributed by atoms with Crippen LogP contribution in [0.25, 0.3) is 0 Å². The third-order valence-electron chi connectivity index (χ3n) is 2.15. The standard InChI is InChI=1S/C14H27NO/c1-11(8-9-13(2,3)4)10-12(16)15-14(5,6)7/h10H,8-9H2,1-7H3,(H,15,16)/b11-10-. The Morgan fingerprint density at radius 2 is 1.62 bits per heavy atom. The lowest BCUT2D eigenvalue weighted by atomic mass is 9.89. The first-order valence-electron chi connectivity index (χ1n) is 5.99. The predicted octanol–water partition coefficient (Wildman–Crippen LogP) is 3.67. The smallest absolute Gasteiger partial charge is 0.244 e. The molecule has 16 heavy (non-hydrogen) atoms. The molecule has 0 saturated carbocycles. The van der Waals surface area contributed by atoms with Gasteiger partial charge in [-0.3, -0.25) is 4.79 Å². The van der Waals surface area contributed by atoms with Crippen molar-refractivity contribution in [1.82, 2.24) is 5.32 Å². The van der Waals surface area contributed by atoms with Crippen LogP contribution < -0.4 is 5.32 Å². The van der Waals surface area contributed by atoms with Gasteiger partial charge in [-0.25, -0.2) is 0 Å². The molecule has 0 spiro atoms. The minimum atomic E-state index is -0.155. The monoisotopic (exact) mass is 225 g/mol. The fourth-order valence-corrected chi connectivity index (χ4v) is 1.27. The van der Waals surface area contributed by atoms with Gasteiger partial charge in [0.1, 0.15) is 0 Å². The lowest BCUT2D eigenvalue weighted by Gasteiger charge is -2.20. The number of hydrogen-bond acceptors (Lipinski definition) is 1. The minimum absolute atomic E-state index is 0.0129. The van der Waals surface area contributed by atoms with Gasteiger partial charge in [-0.15, -0.1) is 0 Å². The molecule has 0 aliphatic rings. The molecule has 0 fully saturated rings. The van der Waals surface area contributed by atoms with E-state index in [2.05, 4.69) is 26.1 Å². The lowest BCUT2D eigenvalue weighted by Crippen LogP contribution is -2.39. The normalized spacial score (nSPS) is 13.8. The molecule has 0 rings (SSSR count). The molecule has 0 heterocycles. The third kappa shape index (κ3) is 9.75. The molecule has 0 atom stereocenters. The SMILES string of the molecule is C/C(=C/C(=O)NC(C)(C)C)CCC(C)(C)C. The second-order valence-electron chi connectivity index (χ2n) is 6.79. The summed E-state index contributed by atoms with van der Waals surface area (Å²) < 4.78 is 0. The molecule has 0 bridgehead atoms. The Hall–Kier alpha value is -0.790. The number of carbonyl (C=O) groups excluding carboxylic acids is 1. The van der Waals surface area contributed by atoms with Crippen LogP contribution in [0.15, 0.2) is 11.6 Å². The van der Waals surface area contributed by atoms with Gasteiger partial charge in [-0.2, -0.15) is 0 Å². The highest BCUT2D eigenvalue weighted by molar-refractivity contribution is 5.88. The van der Waals surface area contributed by atoms with E-state index in [1.165, 1.54) is 0 Å². The predicted molar refractivity (Wildman–Crippen MR) is 70.3 cm³/mol. The lowest BCUT2D eigenvalue weighted by molar-refractivity contribution is -0.117. The summed E-state index contributed by atoms with van der Waals surface area (Å²) in [6, 6.07) is 0. The first-order valence-corrected chi connectivity index (χ1v) is 5.99. The van der Waals surface area contributed by atoms with E-state index in [4.69, 9.17) is 0 Å². The van der Waals surface area contributed by atoms with Crippen LogP contribution in [0.2, 0.25) is 0 Å². The molecule has 1 amide bonds. The number of carbonyl (C=O) groups is 1. The highest BCUT2D eigenvalue weighted by Crippen LogP contribution is 2.23. The summed E-state index contributed by atoms with van der Waals surface area (Å²) >= 11 is 0. The van der Waals surface area contributed by atoms with Gasteiger partial charge in [0.05, 0.1) is 0 Å². The van der Waals surface area contributed by atoms with Gasteiger partial charge in [0.25, 0.3) is 0 Å². The summed E-state index contributed by atoms with van der Waals surface area (Å²) in [7, 11) is 0. The van der Waals surface area contributed by atoms with Gasteiger partial charge in [0, 0.05) is 11.6 Å². The fourth-order valence-electron chi connectivity index (χ4n) is 1.27. The number of rotatable bonds is 3. The Morgan fingerprint density at radius 3 is 2.00 bits per heavy atom. The van der Waals surface area contributed by atoms with Gasteiger partial charge in [-0.1, -0.05) is 26.3 Å². The van der Waals surface area contributed by atoms with Crippen molar-refractivity contribution in [3.8, 4) is 0 Å². The molecule has 0 radical (unpaired) electrons. The second kappa shape index (κ2) is 5.51. The van der Waals surface area contributed by atoms with Crippen molar-refractivity contribution >= 4 is 5.91 Å². The Morgan fingerprint density at radius 1 is 1.12 bits per heavy atom. The zero-order valence-electron chi connectivity index (χ0n) is 11.9. The van der Waals surface area contributed by atoms with E-state index in [0.717, 1.165) is 18.4 Å². The molecule has 0 unspecified atom stereocenters. The summed E-state index contributed by atoms with van der Waals surface area (Å²) in [6.45, 7) is 14.6. The molecule has 0 saturated heterocycles. The van der Waals surface area contributed by atoms with E-state index in [1.54, 1.807) is 6.08 Å². The molecular formula is C14H27NO. The number of allylic oxidation sites excluding steroid dienone is 1. The fraction of sp³-hybridized carbons (Fsp3) is 0.786. The highest BCUT2D eigenvalue weighted by atomic mass is 16.1. The van der Waals surface area contributed by atoms with Crippen LogP contribution in [0.1, 0.15) is 61.3 Å². The molecule has 0 aromatic rings. The van der Waals surface area contributed by atoms with Crippen LogP contribution in [-0.2, 0) is 4.79 Å². The van der Waals surface area contributed by atoms with Crippen molar-refractivity contribution in [3.05, 3.63) is 11.6 Å². The average molecular weight is 225 g/mol. The van der Waals surface area contributed by atoms with Crippen molar-refractivity contribution < 1.29 is 4.79 Å². The number of nitrogens with one attached hydrogen (secondary N) is 1. The topological polar surface area (TPSA) is 29.1 Å². The minimum Gasteiger partial charge on any atom is -0.348 e. The molecule has 0 aromatic carbocycles. The molecule has 2 nitrogen and oxygen atoms in total. The van der Waals surface area contributed by atoms with Crippen LogP contribution in [-0.4, -0.2) is 11.4 Å². The van der Waals surface area contributed by atoms with Gasteiger partial charge in [0.2, 0.25) is 5.91 Å². The molecular weight excluding hydrogens is 198 g/mol.